The van der Waals surface area contributed by atoms with Crippen LogP contribution in [0.3, 0.4) is 0 Å². The first kappa shape index (κ1) is 10.4. The first-order chi connectivity index (χ1) is 6.02. The highest BCUT2D eigenvalue weighted by atomic mass is 15.0. The lowest BCUT2D eigenvalue weighted by atomic mass is 10.0. The molecule has 1 aromatic rings. The largest absolute Gasteiger partial charge is 0.346 e. The second-order valence-electron chi connectivity index (χ2n) is 4.46. The highest BCUT2D eigenvalue weighted by Gasteiger charge is 2.10. The van der Waals surface area contributed by atoms with Crippen LogP contribution >= 0.6 is 0 Å². The predicted octanol–water partition coefficient (Wildman–Crippen LogP) is 3.71. The molecule has 0 saturated carbocycles. The zero-order valence-electron chi connectivity index (χ0n) is 9.46. The lowest BCUT2D eigenvalue weighted by molar-refractivity contribution is 0.418. The summed E-state index contributed by atoms with van der Waals surface area (Å²) in [5.41, 5.74) is 2.76. The van der Waals surface area contributed by atoms with E-state index in [1.807, 2.05) is 0 Å². The third-order valence-corrected chi connectivity index (χ3v) is 2.58. The van der Waals surface area contributed by atoms with Gasteiger partial charge in [0.1, 0.15) is 0 Å². The topological polar surface area (TPSA) is 4.93 Å². The van der Waals surface area contributed by atoms with Crippen LogP contribution in [0.15, 0.2) is 12.1 Å². The molecule has 13 heavy (non-hydrogen) atoms. The maximum absolute atomic E-state index is 2.43. The molecule has 0 amide bonds. The summed E-state index contributed by atoms with van der Waals surface area (Å²) in [6.45, 7) is 11.2. The summed E-state index contributed by atoms with van der Waals surface area (Å²) in [5.74, 6) is 0.774. The average molecular weight is 179 g/mol. The number of hydrogen-bond donors (Lipinski definition) is 0. The third-order valence-electron chi connectivity index (χ3n) is 2.58. The first-order valence-corrected chi connectivity index (χ1v) is 5.16. The zero-order chi connectivity index (χ0) is 10.0. The van der Waals surface area contributed by atoms with Crippen molar-refractivity contribution in [3.8, 4) is 0 Å². The second-order valence-corrected chi connectivity index (χ2v) is 4.46. The SMILES string of the molecule is Cc1ccc(C)n1C(C)CC(C)C. The quantitative estimate of drug-likeness (QED) is 0.666. The van der Waals surface area contributed by atoms with Gasteiger partial charge in [0.05, 0.1) is 0 Å². The Morgan fingerprint density at radius 2 is 1.54 bits per heavy atom. The van der Waals surface area contributed by atoms with Crippen LogP contribution in [0.4, 0.5) is 0 Å². The summed E-state index contributed by atoms with van der Waals surface area (Å²) in [6.07, 6.45) is 1.26. The Bertz CT molecular complexity index is 251. The molecule has 1 unspecified atom stereocenters. The van der Waals surface area contributed by atoms with Crippen molar-refractivity contribution in [1.82, 2.24) is 4.57 Å². The van der Waals surface area contributed by atoms with E-state index in [1.165, 1.54) is 17.8 Å². The van der Waals surface area contributed by atoms with Crippen LogP contribution in [0, 0.1) is 19.8 Å². The molecule has 1 heteroatoms. The van der Waals surface area contributed by atoms with E-state index in [0.717, 1.165) is 5.92 Å². The molecule has 74 valence electrons. The molecular weight excluding hydrogens is 158 g/mol. The zero-order valence-corrected chi connectivity index (χ0v) is 9.46. The smallest absolute Gasteiger partial charge is 0.0309 e. The van der Waals surface area contributed by atoms with Gasteiger partial charge in [-0.3, -0.25) is 0 Å². The van der Waals surface area contributed by atoms with Gasteiger partial charge in [-0.1, -0.05) is 13.8 Å². The molecule has 0 N–H and O–H groups in total. The first-order valence-electron chi connectivity index (χ1n) is 5.16. The second kappa shape index (κ2) is 3.99. The minimum Gasteiger partial charge on any atom is -0.346 e. The summed E-state index contributed by atoms with van der Waals surface area (Å²) >= 11 is 0. The highest BCUT2D eigenvalue weighted by molar-refractivity contribution is 5.14. The summed E-state index contributed by atoms with van der Waals surface area (Å²) < 4.78 is 2.43. The van der Waals surface area contributed by atoms with E-state index in [2.05, 4.69) is 51.3 Å². The fraction of sp³-hybridized carbons (Fsp3) is 0.667. The summed E-state index contributed by atoms with van der Waals surface area (Å²) in [4.78, 5) is 0. The molecular formula is C12H21N. The monoisotopic (exact) mass is 179 g/mol. The Morgan fingerprint density at radius 3 is 1.92 bits per heavy atom. The Labute approximate surface area is 81.8 Å². The van der Waals surface area contributed by atoms with E-state index in [-0.39, 0.29) is 0 Å². The minimum atomic E-state index is 0.634. The number of aryl methyl sites for hydroxylation is 2. The molecule has 0 aromatic carbocycles. The average Bonchev–Trinajstić information content (AvgIpc) is 2.29. The maximum Gasteiger partial charge on any atom is 0.0309 e. The Balaban J connectivity index is 2.81. The Morgan fingerprint density at radius 1 is 1.08 bits per heavy atom. The molecule has 1 nitrogen and oxygen atoms in total. The lowest BCUT2D eigenvalue weighted by Gasteiger charge is -2.20. The van der Waals surface area contributed by atoms with Crippen molar-refractivity contribution in [3.05, 3.63) is 23.5 Å². The van der Waals surface area contributed by atoms with Crippen molar-refractivity contribution in [3.63, 3.8) is 0 Å². The van der Waals surface area contributed by atoms with Gasteiger partial charge in [-0.05, 0) is 45.2 Å². The van der Waals surface area contributed by atoms with Crippen LogP contribution in [0.25, 0.3) is 0 Å². The molecule has 1 heterocycles. The van der Waals surface area contributed by atoms with Crippen molar-refractivity contribution in [1.29, 1.82) is 0 Å². The molecule has 0 spiro atoms. The number of aromatic nitrogens is 1. The molecule has 0 aliphatic heterocycles. The summed E-state index contributed by atoms with van der Waals surface area (Å²) in [5, 5.41) is 0. The van der Waals surface area contributed by atoms with E-state index in [9.17, 15) is 0 Å². The van der Waals surface area contributed by atoms with Crippen molar-refractivity contribution in [2.24, 2.45) is 5.92 Å². The Hall–Kier alpha value is -0.720. The van der Waals surface area contributed by atoms with Gasteiger partial charge in [0, 0.05) is 17.4 Å². The van der Waals surface area contributed by atoms with Crippen molar-refractivity contribution in [2.75, 3.05) is 0 Å². The fourth-order valence-corrected chi connectivity index (χ4v) is 2.16. The van der Waals surface area contributed by atoms with E-state index in [1.54, 1.807) is 0 Å². The standard InChI is InChI=1S/C12H21N/c1-9(2)8-12(5)13-10(3)6-7-11(13)4/h6-7,9,12H,8H2,1-5H3. The van der Waals surface area contributed by atoms with Gasteiger partial charge < -0.3 is 4.57 Å². The van der Waals surface area contributed by atoms with E-state index in [4.69, 9.17) is 0 Å². The molecule has 1 rings (SSSR count). The van der Waals surface area contributed by atoms with Gasteiger partial charge in [0.2, 0.25) is 0 Å². The lowest BCUT2D eigenvalue weighted by Crippen LogP contribution is -2.10. The molecule has 0 saturated heterocycles. The van der Waals surface area contributed by atoms with Crippen molar-refractivity contribution in [2.45, 2.75) is 47.1 Å². The third kappa shape index (κ3) is 2.36. The normalized spacial score (nSPS) is 13.7. The van der Waals surface area contributed by atoms with Crippen LogP contribution in [0.1, 0.15) is 44.6 Å². The van der Waals surface area contributed by atoms with Gasteiger partial charge >= 0.3 is 0 Å². The molecule has 0 bridgehead atoms. The van der Waals surface area contributed by atoms with Crippen LogP contribution < -0.4 is 0 Å². The highest BCUT2D eigenvalue weighted by Crippen LogP contribution is 2.21. The van der Waals surface area contributed by atoms with E-state index < -0.39 is 0 Å². The molecule has 0 aliphatic carbocycles. The molecule has 0 fully saturated rings. The van der Waals surface area contributed by atoms with Gasteiger partial charge in [0.15, 0.2) is 0 Å². The number of nitrogens with zero attached hydrogens (tertiary/aromatic N) is 1. The molecule has 0 aliphatic rings. The van der Waals surface area contributed by atoms with E-state index >= 15 is 0 Å². The summed E-state index contributed by atoms with van der Waals surface area (Å²) in [7, 11) is 0. The van der Waals surface area contributed by atoms with Crippen LogP contribution in [-0.2, 0) is 0 Å². The Kier molecular flexibility index (Phi) is 3.18. The van der Waals surface area contributed by atoms with Gasteiger partial charge in [-0.25, -0.2) is 0 Å². The van der Waals surface area contributed by atoms with Gasteiger partial charge in [-0.15, -0.1) is 0 Å². The fourth-order valence-electron chi connectivity index (χ4n) is 2.16. The van der Waals surface area contributed by atoms with Crippen LogP contribution in [-0.4, -0.2) is 4.57 Å². The van der Waals surface area contributed by atoms with E-state index in [0.29, 0.717) is 6.04 Å². The maximum atomic E-state index is 2.43. The molecule has 1 atom stereocenters. The van der Waals surface area contributed by atoms with Crippen LogP contribution in [0.5, 0.6) is 0 Å². The van der Waals surface area contributed by atoms with Crippen molar-refractivity contribution >= 4 is 0 Å². The van der Waals surface area contributed by atoms with Crippen molar-refractivity contribution < 1.29 is 0 Å². The molecule has 1 aromatic heterocycles. The number of rotatable bonds is 3. The predicted molar refractivity (Wildman–Crippen MR) is 58.1 cm³/mol. The number of hydrogen-bond acceptors (Lipinski definition) is 0. The van der Waals surface area contributed by atoms with Crippen LogP contribution in [0.2, 0.25) is 0 Å². The summed E-state index contributed by atoms with van der Waals surface area (Å²) in [6, 6.07) is 5.04. The van der Waals surface area contributed by atoms with Gasteiger partial charge in [0.25, 0.3) is 0 Å². The molecule has 0 radical (unpaired) electrons. The minimum absolute atomic E-state index is 0.634. The van der Waals surface area contributed by atoms with Gasteiger partial charge in [-0.2, -0.15) is 0 Å².